The van der Waals surface area contributed by atoms with Crippen molar-refractivity contribution in [3.63, 3.8) is 0 Å². The van der Waals surface area contributed by atoms with Crippen molar-refractivity contribution in [2.24, 2.45) is 23.7 Å². The number of carboxylic acid groups (broad SMARTS) is 1. The average molecular weight is 514 g/mol. The summed E-state index contributed by atoms with van der Waals surface area (Å²) in [6.07, 6.45) is 17.3. The number of hydroxylamine groups is 1. The third-order valence-corrected chi connectivity index (χ3v) is 9.42. The monoisotopic (exact) mass is 513 g/mol. The molecule has 3 fully saturated rings. The molecule has 7 heteroatoms. The SMILES string of the molecule is O=C(NO)c1ccc(N2CCC(CCCC3CCC(CN[C@H](C(=O)O)C4CCCCC4)CC3)CC2)cc1. The lowest BCUT2D eigenvalue weighted by Crippen LogP contribution is -2.45. The molecule has 37 heavy (non-hydrogen) atoms. The first kappa shape index (κ1) is 27.9. The standard InChI is InChI=1S/C30H47N3O4/c34-29(32-37)26-13-15-27(16-14-26)33-19-17-23(18-20-33)6-4-5-22-9-11-24(12-10-22)21-31-28(30(35)36)25-7-2-1-3-8-25/h13-16,22-25,28,31,37H,1-12,17-21H2,(H,32,34)(H,35,36)/t22?,24?,28-/m0/s1. The minimum atomic E-state index is -0.656. The Morgan fingerprint density at radius 1 is 0.838 bits per heavy atom. The minimum absolute atomic E-state index is 0.315. The lowest BCUT2D eigenvalue weighted by molar-refractivity contribution is -0.141. The van der Waals surface area contributed by atoms with Crippen LogP contribution in [0.1, 0.15) is 100 Å². The molecule has 1 amide bonds. The minimum Gasteiger partial charge on any atom is -0.480 e. The van der Waals surface area contributed by atoms with Gasteiger partial charge in [0, 0.05) is 24.3 Å². The molecule has 1 aromatic carbocycles. The highest BCUT2D eigenvalue weighted by atomic mass is 16.5. The van der Waals surface area contributed by atoms with Crippen LogP contribution in [-0.2, 0) is 4.79 Å². The molecule has 0 unspecified atom stereocenters. The summed E-state index contributed by atoms with van der Waals surface area (Å²) < 4.78 is 0. The number of carbonyl (C=O) groups excluding carboxylic acids is 1. The molecule has 2 saturated carbocycles. The normalized spacial score (nSPS) is 24.5. The van der Waals surface area contributed by atoms with E-state index in [0.29, 0.717) is 17.4 Å². The first-order valence-corrected chi connectivity index (χ1v) is 14.8. The predicted octanol–water partition coefficient (Wildman–Crippen LogP) is 5.62. The quantitative estimate of drug-likeness (QED) is 0.226. The zero-order valence-corrected chi connectivity index (χ0v) is 22.4. The highest BCUT2D eigenvalue weighted by molar-refractivity contribution is 5.93. The number of carbonyl (C=O) groups is 2. The molecule has 0 radical (unpaired) electrons. The van der Waals surface area contributed by atoms with E-state index in [-0.39, 0.29) is 6.04 Å². The summed E-state index contributed by atoms with van der Waals surface area (Å²) in [7, 11) is 0. The molecular formula is C30H47N3O4. The van der Waals surface area contributed by atoms with Gasteiger partial charge in [-0.05, 0) is 93.0 Å². The third-order valence-electron chi connectivity index (χ3n) is 9.42. The van der Waals surface area contributed by atoms with Crippen molar-refractivity contribution in [2.45, 2.75) is 95.9 Å². The van der Waals surface area contributed by atoms with Gasteiger partial charge in [-0.3, -0.25) is 14.8 Å². The molecule has 1 atom stereocenters. The van der Waals surface area contributed by atoms with E-state index in [4.69, 9.17) is 5.21 Å². The van der Waals surface area contributed by atoms with E-state index in [1.807, 2.05) is 12.1 Å². The van der Waals surface area contributed by atoms with Gasteiger partial charge in [0.1, 0.15) is 6.04 Å². The van der Waals surface area contributed by atoms with E-state index in [1.165, 1.54) is 77.0 Å². The summed E-state index contributed by atoms with van der Waals surface area (Å²) in [5.41, 5.74) is 3.29. The fourth-order valence-electron chi connectivity index (χ4n) is 7.00. The van der Waals surface area contributed by atoms with Gasteiger partial charge in [-0.1, -0.05) is 51.4 Å². The van der Waals surface area contributed by atoms with Crippen molar-refractivity contribution in [1.82, 2.24) is 10.8 Å². The number of amides is 1. The summed E-state index contributed by atoms with van der Waals surface area (Å²) in [6, 6.07) is 7.11. The van der Waals surface area contributed by atoms with Gasteiger partial charge in [-0.25, -0.2) is 5.48 Å². The van der Waals surface area contributed by atoms with Crippen molar-refractivity contribution in [3.05, 3.63) is 29.8 Å². The van der Waals surface area contributed by atoms with Gasteiger partial charge in [0.15, 0.2) is 0 Å². The van der Waals surface area contributed by atoms with E-state index < -0.39 is 11.9 Å². The number of hydrogen-bond donors (Lipinski definition) is 4. The van der Waals surface area contributed by atoms with E-state index in [2.05, 4.69) is 10.2 Å². The second-order valence-corrected chi connectivity index (χ2v) is 11.9. The Bertz CT molecular complexity index is 839. The van der Waals surface area contributed by atoms with Crippen LogP contribution in [0.15, 0.2) is 24.3 Å². The van der Waals surface area contributed by atoms with Gasteiger partial charge in [-0.2, -0.15) is 0 Å². The van der Waals surface area contributed by atoms with Crippen LogP contribution >= 0.6 is 0 Å². The van der Waals surface area contributed by atoms with E-state index in [0.717, 1.165) is 50.0 Å². The molecule has 206 valence electrons. The molecule has 7 nitrogen and oxygen atoms in total. The molecule has 0 spiro atoms. The van der Waals surface area contributed by atoms with Crippen LogP contribution < -0.4 is 15.7 Å². The largest absolute Gasteiger partial charge is 0.480 e. The predicted molar refractivity (Wildman–Crippen MR) is 146 cm³/mol. The number of aliphatic carboxylic acids is 1. The Hall–Kier alpha value is -2.12. The van der Waals surface area contributed by atoms with Crippen LogP contribution in [0.25, 0.3) is 0 Å². The van der Waals surface area contributed by atoms with E-state index >= 15 is 0 Å². The molecule has 0 bridgehead atoms. The van der Waals surface area contributed by atoms with Gasteiger partial charge < -0.3 is 15.3 Å². The molecule has 2 aliphatic carbocycles. The van der Waals surface area contributed by atoms with E-state index in [1.54, 1.807) is 17.6 Å². The number of piperidine rings is 1. The smallest absolute Gasteiger partial charge is 0.320 e. The number of benzene rings is 1. The molecule has 0 aromatic heterocycles. The second kappa shape index (κ2) is 14.1. The maximum atomic E-state index is 11.8. The van der Waals surface area contributed by atoms with Gasteiger partial charge in [0.05, 0.1) is 0 Å². The summed E-state index contributed by atoms with van der Waals surface area (Å²) in [5, 5.41) is 21.9. The maximum Gasteiger partial charge on any atom is 0.320 e. The third kappa shape index (κ3) is 8.18. The summed E-state index contributed by atoms with van der Waals surface area (Å²) >= 11 is 0. The first-order chi connectivity index (χ1) is 18.0. The van der Waals surface area contributed by atoms with Crippen molar-refractivity contribution >= 4 is 17.6 Å². The van der Waals surface area contributed by atoms with Gasteiger partial charge >= 0.3 is 5.97 Å². The Morgan fingerprint density at radius 2 is 1.43 bits per heavy atom. The average Bonchev–Trinajstić information content (AvgIpc) is 2.94. The molecule has 3 aliphatic rings. The lowest BCUT2D eigenvalue weighted by atomic mass is 9.78. The number of carboxylic acids is 1. The molecule has 4 rings (SSSR count). The summed E-state index contributed by atoms with van der Waals surface area (Å²) in [6.45, 7) is 3.00. The van der Waals surface area contributed by atoms with Crippen LogP contribution in [0.5, 0.6) is 0 Å². The Morgan fingerprint density at radius 3 is 2.03 bits per heavy atom. The Kier molecular flexibility index (Phi) is 10.7. The van der Waals surface area contributed by atoms with Crippen molar-refractivity contribution < 1.29 is 19.9 Å². The number of nitrogens with one attached hydrogen (secondary N) is 2. The molecule has 1 heterocycles. The highest BCUT2D eigenvalue weighted by Gasteiger charge is 2.30. The first-order valence-electron chi connectivity index (χ1n) is 14.8. The van der Waals surface area contributed by atoms with Crippen LogP contribution in [0, 0.1) is 23.7 Å². The zero-order chi connectivity index (χ0) is 26.0. The Balaban J connectivity index is 1.08. The van der Waals surface area contributed by atoms with Gasteiger partial charge in [-0.15, -0.1) is 0 Å². The molecule has 1 aliphatic heterocycles. The van der Waals surface area contributed by atoms with E-state index in [9.17, 15) is 14.7 Å². The molecule has 4 N–H and O–H groups in total. The van der Waals surface area contributed by atoms with Crippen molar-refractivity contribution in [3.8, 4) is 0 Å². The van der Waals surface area contributed by atoms with Crippen LogP contribution in [-0.4, -0.2) is 47.9 Å². The summed E-state index contributed by atoms with van der Waals surface area (Å²) in [4.78, 5) is 25.7. The number of anilines is 1. The number of hydrogen-bond acceptors (Lipinski definition) is 5. The molecule has 1 saturated heterocycles. The van der Waals surface area contributed by atoms with Crippen molar-refractivity contribution in [1.29, 1.82) is 0 Å². The van der Waals surface area contributed by atoms with Crippen LogP contribution in [0.3, 0.4) is 0 Å². The lowest BCUT2D eigenvalue weighted by Gasteiger charge is -2.34. The maximum absolute atomic E-state index is 11.8. The topological polar surface area (TPSA) is 102 Å². The van der Waals surface area contributed by atoms with Crippen molar-refractivity contribution in [2.75, 3.05) is 24.5 Å². The van der Waals surface area contributed by atoms with Gasteiger partial charge in [0.2, 0.25) is 0 Å². The molecular weight excluding hydrogens is 466 g/mol. The number of rotatable bonds is 11. The van der Waals surface area contributed by atoms with Crippen LogP contribution in [0.2, 0.25) is 0 Å². The molecule has 1 aromatic rings. The van der Waals surface area contributed by atoms with Crippen LogP contribution in [0.4, 0.5) is 5.69 Å². The Labute approximate surface area is 222 Å². The fourth-order valence-corrected chi connectivity index (χ4v) is 7.00. The summed E-state index contributed by atoms with van der Waals surface area (Å²) in [5.74, 6) is 1.48. The fraction of sp³-hybridized carbons (Fsp3) is 0.733. The van der Waals surface area contributed by atoms with Gasteiger partial charge in [0.25, 0.3) is 5.91 Å². The highest BCUT2D eigenvalue weighted by Crippen LogP contribution is 2.34. The zero-order valence-electron chi connectivity index (χ0n) is 22.4. The second-order valence-electron chi connectivity index (χ2n) is 11.9. The number of nitrogens with zero attached hydrogens (tertiary/aromatic N) is 1.